The van der Waals surface area contributed by atoms with Crippen LogP contribution in [0.25, 0.3) is 0 Å². The zero-order valence-corrected chi connectivity index (χ0v) is 10.7. The lowest BCUT2D eigenvalue weighted by Crippen LogP contribution is -2.40. The number of nitrogens with zero attached hydrogens (tertiary/aromatic N) is 1. The van der Waals surface area contributed by atoms with Crippen molar-refractivity contribution in [1.82, 2.24) is 4.90 Å². The van der Waals surface area contributed by atoms with Crippen LogP contribution >= 0.6 is 0 Å². The lowest BCUT2D eigenvalue weighted by molar-refractivity contribution is -0.138. The van der Waals surface area contributed by atoms with E-state index in [1.54, 1.807) is 7.11 Å². The van der Waals surface area contributed by atoms with Crippen molar-refractivity contribution < 1.29 is 14.6 Å². The largest absolute Gasteiger partial charge is 0.481 e. The number of rotatable bonds is 6. The molecule has 4 nitrogen and oxygen atoms in total. The molecule has 4 heteroatoms. The van der Waals surface area contributed by atoms with Gasteiger partial charge in [-0.1, -0.05) is 0 Å². The molecule has 0 spiro atoms. The quantitative estimate of drug-likeness (QED) is 0.767. The summed E-state index contributed by atoms with van der Waals surface area (Å²) in [5, 5.41) is 8.92. The molecule has 1 aliphatic heterocycles. The summed E-state index contributed by atoms with van der Waals surface area (Å²) in [6, 6.07) is 0. The maximum absolute atomic E-state index is 10.8. The molecule has 0 aromatic rings. The summed E-state index contributed by atoms with van der Waals surface area (Å²) in [5.41, 5.74) is 0.0980. The van der Waals surface area contributed by atoms with Crippen molar-refractivity contribution in [2.24, 2.45) is 11.3 Å². The minimum absolute atomic E-state index is 0.0980. The molecule has 0 amide bonds. The van der Waals surface area contributed by atoms with Gasteiger partial charge < -0.3 is 14.7 Å². The van der Waals surface area contributed by atoms with Crippen LogP contribution in [0.15, 0.2) is 0 Å². The molecule has 1 unspecified atom stereocenters. The highest BCUT2D eigenvalue weighted by Gasteiger charge is 2.45. The van der Waals surface area contributed by atoms with Crippen molar-refractivity contribution in [1.29, 1.82) is 0 Å². The second-order valence-corrected chi connectivity index (χ2v) is 5.77. The van der Waals surface area contributed by atoms with Crippen LogP contribution in [0.5, 0.6) is 0 Å². The Labute approximate surface area is 103 Å². The SMILES string of the molecule is COCC1CCCN(CC2(CC(=O)O)CC2)C1. The summed E-state index contributed by atoms with van der Waals surface area (Å²) >= 11 is 0. The van der Waals surface area contributed by atoms with E-state index < -0.39 is 5.97 Å². The van der Waals surface area contributed by atoms with Gasteiger partial charge >= 0.3 is 5.97 Å². The van der Waals surface area contributed by atoms with Crippen LogP contribution < -0.4 is 0 Å². The zero-order valence-electron chi connectivity index (χ0n) is 10.7. The molecule has 1 saturated carbocycles. The molecule has 2 fully saturated rings. The summed E-state index contributed by atoms with van der Waals surface area (Å²) in [7, 11) is 1.76. The molecule has 1 saturated heterocycles. The highest BCUT2D eigenvalue weighted by atomic mass is 16.5. The van der Waals surface area contributed by atoms with Gasteiger partial charge in [-0.15, -0.1) is 0 Å². The highest BCUT2D eigenvalue weighted by Crippen LogP contribution is 2.49. The minimum Gasteiger partial charge on any atom is -0.481 e. The highest BCUT2D eigenvalue weighted by molar-refractivity contribution is 5.68. The number of carbonyl (C=O) groups is 1. The van der Waals surface area contributed by atoms with E-state index >= 15 is 0 Å². The number of aliphatic carboxylic acids is 1. The summed E-state index contributed by atoms with van der Waals surface area (Å²) in [4.78, 5) is 13.3. The van der Waals surface area contributed by atoms with Crippen molar-refractivity contribution in [3.05, 3.63) is 0 Å². The van der Waals surface area contributed by atoms with Crippen molar-refractivity contribution in [3.8, 4) is 0 Å². The van der Waals surface area contributed by atoms with E-state index in [1.165, 1.54) is 12.8 Å². The molecule has 98 valence electrons. The van der Waals surface area contributed by atoms with Gasteiger partial charge in [-0.25, -0.2) is 0 Å². The number of hydrogen-bond acceptors (Lipinski definition) is 3. The first kappa shape index (κ1) is 12.8. The number of methoxy groups -OCH3 is 1. The lowest BCUT2D eigenvalue weighted by atomic mass is 9.95. The maximum Gasteiger partial charge on any atom is 0.303 e. The topological polar surface area (TPSA) is 49.8 Å². The first-order valence-electron chi connectivity index (χ1n) is 6.57. The van der Waals surface area contributed by atoms with Gasteiger partial charge in [0, 0.05) is 20.2 Å². The molecule has 1 aliphatic carbocycles. The third kappa shape index (κ3) is 3.68. The van der Waals surface area contributed by atoms with Crippen molar-refractivity contribution in [2.75, 3.05) is 33.4 Å². The molecule has 1 atom stereocenters. The summed E-state index contributed by atoms with van der Waals surface area (Å²) in [6.07, 6.45) is 4.99. The molecule has 0 bridgehead atoms. The van der Waals surface area contributed by atoms with Gasteiger partial charge in [0.1, 0.15) is 0 Å². The smallest absolute Gasteiger partial charge is 0.303 e. The first-order chi connectivity index (χ1) is 8.13. The Morgan fingerprint density at radius 3 is 2.88 bits per heavy atom. The second-order valence-electron chi connectivity index (χ2n) is 5.77. The minimum atomic E-state index is -0.645. The van der Waals surface area contributed by atoms with Crippen LogP contribution in [0.4, 0.5) is 0 Å². The number of likely N-dealkylation sites (tertiary alicyclic amines) is 1. The van der Waals surface area contributed by atoms with Crippen molar-refractivity contribution in [3.63, 3.8) is 0 Å². The van der Waals surface area contributed by atoms with Crippen LogP contribution in [0.1, 0.15) is 32.1 Å². The Bertz CT molecular complexity index is 274. The van der Waals surface area contributed by atoms with Crippen molar-refractivity contribution >= 4 is 5.97 Å². The fourth-order valence-corrected chi connectivity index (χ4v) is 3.03. The van der Waals surface area contributed by atoms with Gasteiger partial charge in [0.05, 0.1) is 13.0 Å². The number of carboxylic acid groups (broad SMARTS) is 1. The molecule has 0 aromatic carbocycles. The van der Waals surface area contributed by atoms with Gasteiger partial charge in [0.25, 0.3) is 0 Å². The van der Waals surface area contributed by atoms with Crippen molar-refractivity contribution in [2.45, 2.75) is 32.1 Å². The normalized spacial score (nSPS) is 27.9. The van der Waals surface area contributed by atoms with E-state index in [0.29, 0.717) is 12.3 Å². The van der Waals surface area contributed by atoms with Crippen LogP contribution in [0.2, 0.25) is 0 Å². The van der Waals surface area contributed by atoms with Crippen LogP contribution in [-0.2, 0) is 9.53 Å². The second kappa shape index (κ2) is 5.36. The molecule has 0 aromatic heterocycles. The number of ether oxygens (including phenoxy) is 1. The zero-order chi connectivity index (χ0) is 12.3. The van der Waals surface area contributed by atoms with Crippen LogP contribution in [-0.4, -0.2) is 49.3 Å². The lowest BCUT2D eigenvalue weighted by Gasteiger charge is -2.34. The van der Waals surface area contributed by atoms with Gasteiger partial charge in [-0.05, 0) is 43.6 Å². The van der Waals surface area contributed by atoms with E-state index in [0.717, 1.165) is 39.1 Å². The fourth-order valence-electron chi connectivity index (χ4n) is 3.03. The Kier molecular flexibility index (Phi) is 4.05. The Balaban J connectivity index is 1.80. The molecular formula is C13H23NO3. The van der Waals surface area contributed by atoms with Gasteiger partial charge in [-0.3, -0.25) is 4.79 Å². The predicted molar refractivity (Wildman–Crippen MR) is 65.0 cm³/mol. The van der Waals surface area contributed by atoms with Crippen LogP contribution in [0.3, 0.4) is 0 Å². The summed E-state index contributed by atoms with van der Waals surface area (Å²) < 4.78 is 5.22. The molecule has 2 aliphatic rings. The third-order valence-electron chi connectivity index (χ3n) is 4.05. The van der Waals surface area contributed by atoms with E-state index in [9.17, 15) is 4.79 Å². The number of carboxylic acids is 1. The number of hydrogen-bond donors (Lipinski definition) is 1. The Hall–Kier alpha value is -0.610. The molecule has 1 N–H and O–H groups in total. The van der Waals surface area contributed by atoms with Gasteiger partial charge in [0.15, 0.2) is 0 Å². The molecule has 1 heterocycles. The average molecular weight is 241 g/mol. The molecular weight excluding hydrogens is 218 g/mol. The van der Waals surface area contributed by atoms with Gasteiger partial charge in [-0.2, -0.15) is 0 Å². The fraction of sp³-hybridized carbons (Fsp3) is 0.923. The molecule has 2 rings (SSSR count). The van der Waals surface area contributed by atoms with E-state index in [4.69, 9.17) is 9.84 Å². The predicted octanol–water partition coefficient (Wildman–Crippen LogP) is 1.60. The standard InChI is InChI=1S/C13H23NO3/c1-17-9-11-3-2-6-14(8-11)10-13(4-5-13)7-12(15)16/h11H,2-10H2,1H3,(H,15,16). The average Bonchev–Trinajstić information content (AvgIpc) is 2.97. The summed E-state index contributed by atoms with van der Waals surface area (Å²) in [5.74, 6) is -0.0117. The first-order valence-corrected chi connectivity index (χ1v) is 6.57. The summed E-state index contributed by atoms with van der Waals surface area (Å²) in [6.45, 7) is 4.01. The third-order valence-corrected chi connectivity index (χ3v) is 4.05. The Morgan fingerprint density at radius 2 is 2.29 bits per heavy atom. The molecule has 0 radical (unpaired) electrons. The van der Waals surface area contributed by atoms with E-state index in [1.807, 2.05) is 0 Å². The Morgan fingerprint density at radius 1 is 1.53 bits per heavy atom. The monoisotopic (exact) mass is 241 g/mol. The van der Waals surface area contributed by atoms with E-state index in [2.05, 4.69) is 4.90 Å². The molecule has 17 heavy (non-hydrogen) atoms. The van der Waals surface area contributed by atoms with Gasteiger partial charge in [0.2, 0.25) is 0 Å². The van der Waals surface area contributed by atoms with Crippen LogP contribution in [0, 0.1) is 11.3 Å². The maximum atomic E-state index is 10.8. The number of piperidine rings is 1. The van der Waals surface area contributed by atoms with E-state index in [-0.39, 0.29) is 5.41 Å².